The van der Waals surface area contributed by atoms with Crippen LogP contribution in [-0.4, -0.2) is 6.61 Å². The number of hydrogen-bond donors (Lipinski definition) is 0. The molecule has 0 aliphatic rings. The average molecular weight is 423 g/mol. The van der Waals surface area contributed by atoms with Gasteiger partial charge in [-0.05, 0) is 72.9 Å². The van der Waals surface area contributed by atoms with Gasteiger partial charge < -0.3 is 9.47 Å². The Labute approximate surface area is 183 Å². The molecule has 162 valence electrons. The van der Waals surface area contributed by atoms with Gasteiger partial charge in [-0.15, -0.1) is 0 Å². The maximum Gasteiger partial charge on any atom is 0.173 e. The van der Waals surface area contributed by atoms with E-state index in [9.17, 15) is 4.39 Å². The highest BCUT2D eigenvalue weighted by Gasteiger charge is 2.15. The van der Waals surface area contributed by atoms with Crippen LogP contribution in [0.1, 0.15) is 32.8 Å². The molecule has 0 radical (unpaired) electrons. The first-order valence-electron chi connectivity index (χ1n) is 10.6. The van der Waals surface area contributed by atoms with E-state index in [0.717, 1.165) is 11.3 Å². The van der Waals surface area contributed by atoms with Crippen LogP contribution in [-0.2, 0) is 6.42 Å². The van der Waals surface area contributed by atoms with Gasteiger partial charge in [0.25, 0.3) is 0 Å². The quantitative estimate of drug-likeness (QED) is 0.347. The van der Waals surface area contributed by atoms with Crippen molar-refractivity contribution in [3.8, 4) is 28.4 Å². The standard InChI is InChI=1S/C27H28F2O2/c1-4-30-23-14-11-21(12-15-23)25-17-20(10-13-22(28)16-19(2)3)18-26(27(25)29)31-24-8-6-5-7-9-24/h5-9,11-15,17-19H,4,10,16H2,1-3H3/b22-13-. The molecule has 3 aromatic carbocycles. The van der Waals surface area contributed by atoms with Gasteiger partial charge in [-0.1, -0.05) is 44.2 Å². The van der Waals surface area contributed by atoms with E-state index in [1.807, 2.05) is 63.2 Å². The number of para-hydroxylation sites is 1. The van der Waals surface area contributed by atoms with Crippen molar-refractivity contribution in [1.29, 1.82) is 0 Å². The maximum absolute atomic E-state index is 15.4. The molecule has 3 aromatic rings. The van der Waals surface area contributed by atoms with E-state index < -0.39 is 5.82 Å². The molecule has 2 nitrogen and oxygen atoms in total. The van der Waals surface area contributed by atoms with Gasteiger partial charge in [0.2, 0.25) is 0 Å². The van der Waals surface area contributed by atoms with Gasteiger partial charge in [-0.2, -0.15) is 0 Å². The van der Waals surface area contributed by atoms with Gasteiger partial charge >= 0.3 is 0 Å². The SMILES string of the molecule is CCOc1ccc(-c2cc(C/C=C(\F)CC(C)C)cc(Oc3ccccc3)c2F)cc1. The fourth-order valence-electron chi connectivity index (χ4n) is 3.27. The zero-order chi connectivity index (χ0) is 22.2. The minimum absolute atomic E-state index is 0.116. The van der Waals surface area contributed by atoms with Crippen LogP contribution in [0, 0.1) is 11.7 Å². The molecule has 0 saturated carbocycles. The molecule has 0 N–H and O–H groups in total. The Kier molecular flexibility index (Phi) is 7.82. The Balaban J connectivity index is 1.98. The lowest BCUT2D eigenvalue weighted by atomic mass is 9.99. The lowest BCUT2D eigenvalue weighted by Crippen LogP contribution is -1.96. The van der Waals surface area contributed by atoms with Crippen LogP contribution in [0.15, 0.2) is 78.6 Å². The first kappa shape index (κ1) is 22.5. The normalized spacial score (nSPS) is 11.6. The molecule has 0 aromatic heterocycles. The molecule has 0 aliphatic carbocycles. The average Bonchev–Trinajstić information content (AvgIpc) is 2.75. The first-order chi connectivity index (χ1) is 15.0. The monoisotopic (exact) mass is 422 g/mol. The van der Waals surface area contributed by atoms with E-state index in [1.54, 1.807) is 30.3 Å². The van der Waals surface area contributed by atoms with Gasteiger partial charge in [-0.25, -0.2) is 8.78 Å². The van der Waals surface area contributed by atoms with Gasteiger partial charge in [0, 0.05) is 12.0 Å². The van der Waals surface area contributed by atoms with Gasteiger partial charge in [-0.3, -0.25) is 0 Å². The van der Waals surface area contributed by atoms with Crippen molar-refractivity contribution >= 4 is 0 Å². The summed E-state index contributed by atoms with van der Waals surface area (Å²) in [5, 5.41) is 0. The van der Waals surface area contributed by atoms with E-state index >= 15 is 4.39 Å². The fourth-order valence-corrected chi connectivity index (χ4v) is 3.27. The third-order valence-corrected chi connectivity index (χ3v) is 4.71. The fraction of sp³-hybridized carbons (Fsp3) is 0.259. The molecule has 0 amide bonds. The van der Waals surface area contributed by atoms with Gasteiger partial charge in [0.05, 0.1) is 12.4 Å². The lowest BCUT2D eigenvalue weighted by Gasteiger charge is -2.13. The second-order valence-electron chi connectivity index (χ2n) is 7.78. The Morgan fingerprint density at radius 2 is 1.68 bits per heavy atom. The summed E-state index contributed by atoms with van der Waals surface area (Å²) in [6, 6.07) is 19.7. The molecule has 4 heteroatoms. The van der Waals surface area contributed by atoms with Crippen molar-refractivity contribution in [2.45, 2.75) is 33.6 Å². The predicted octanol–water partition coefficient (Wildman–Crippen LogP) is 8.13. The number of halogens is 2. The molecule has 0 atom stereocenters. The van der Waals surface area contributed by atoms with Crippen molar-refractivity contribution in [2.24, 2.45) is 5.92 Å². The van der Waals surface area contributed by atoms with Crippen LogP contribution in [0.5, 0.6) is 17.2 Å². The second-order valence-corrected chi connectivity index (χ2v) is 7.78. The minimum atomic E-state index is -0.455. The van der Waals surface area contributed by atoms with Crippen molar-refractivity contribution in [3.05, 3.63) is 90.0 Å². The second kappa shape index (κ2) is 10.8. The lowest BCUT2D eigenvalue weighted by molar-refractivity contribution is 0.340. The molecule has 0 unspecified atom stereocenters. The summed E-state index contributed by atoms with van der Waals surface area (Å²) in [5.74, 6) is 1.00. The number of hydrogen-bond acceptors (Lipinski definition) is 2. The van der Waals surface area contributed by atoms with Crippen LogP contribution in [0.2, 0.25) is 0 Å². The van der Waals surface area contributed by atoms with Gasteiger partial charge in [0.15, 0.2) is 11.6 Å². The molecular weight excluding hydrogens is 394 g/mol. The maximum atomic E-state index is 15.4. The molecular formula is C27H28F2O2. The molecule has 0 saturated heterocycles. The molecule has 0 aliphatic heterocycles. The van der Waals surface area contributed by atoms with Crippen LogP contribution >= 0.6 is 0 Å². The highest BCUT2D eigenvalue weighted by atomic mass is 19.1. The Hall–Kier alpha value is -3.14. The highest BCUT2D eigenvalue weighted by Crippen LogP contribution is 2.35. The predicted molar refractivity (Wildman–Crippen MR) is 122 cm³/mol. The Morgan fingerprint density at radius 1 is 0.968 bits per heavy atom. The molecule has 31 heavy (non-hydrogen) atoms. The number of benzene rings is 3. The Morgan fingerprint density at radius 3 is 2.32 bits per heavy atom. The summed E-state index contributed by atoms with van der Waals surface area (Å²) >= 11 is 0. The number of allylic oxidation sites excluding steroid dienone is 2. The summed E-state index contributed by atoms with van der Waals surface area (Å²) in [6.45, 7) is 6.42. The van der Waals surface area contributed by atoms with Crippen molar-refractivity contribution < 1.29 is 18.3 Å². The van der Waals surface area contributed by atoms with Crippen LogP contribution < -0.4 is 9.47 Å². The van der Waals surface area contributed by atoms with Crippen LogP contribution in [0.4, 0.5) is 8.78 Å². The summed E-state index contributed by atoms with van der Waals surface area (Å²) in [4.78, 5) is 0. The first-order valence-corrected chi connectivity index (χ1v) is 10.6. The third-order valence-electron chi connectivity index (χ3n) is 4.71. The zero-order valence-electron chi connectivity index (χ0n) is 18.2. The summed E-state index contributed by atoms with van der Waals surface area (Å²) in [5.41, 5.74) is 1.88. The van der Waals surface area contributed by atoms with Crippen LogP contribution in [0.25, 0.3) is 11.1 Å². The molecule has 3 rings (SSSR count). The summed E-state index contributed by atoms with van der Waals surface area (Å²) in [7, 11) is 0. The smallest absolute Gasteiger partial charge is 0.173 e. The molecule has 0 spiro atoms. The third kappa shape index (κ3) is 6.42. The van der Waals surface area contributed by atoms with Gasteiger partial charge in [0.1, 0.15) is 11.5 Å². The van der Waals surface area contributed by atoms with Crippen molar-refractivity contribution in [3.63, 3.8) is 0 Å². The topological polar surface area (TPSA) is 18.5 Å². The van der Waals surface area contributed by atoms with E-state index in [1.165, 1.54) is 0 Å². The van der Waals surface area contributed by atoms with E-state index in [0.29, 0.717) is 36.3 Å². The summed E-state index contributed by atoms with van der Waals surface area (Å²) < 4.78 is 40.9. The van der Waals surface area contributed by atoms with Crippen LogP contribution in [0.3, 0.4) is 0 Å². The highest BCUT2D eigenvalue weighted by molar-refractivity contribution is 5.68. The number of rotatable bonds is 9. The largest absolute Gasteiger partial charge is 0.494 e. The van der Waals surface area contributed by atoms with Crippen molar-refractivity contribution in [2.75, 3.05) is 6.61 Å². The molecule has 0 bridgehead atoms. The number of ether oxygens (including phenoxy) is 2. The van der Waals surface area contributed by atoms with Crippen molar-refractivity contribution in [1.82, 2.24) is 0 Å². The molecule has 0 fully saturated rings. The van der Waals surface area contributed by atoms with E-state index in [-0.39, 0.29) is 17.5 Å². The zero-order valence-corrected chi connectivity index (χ0v) is 18.2. The summed E-state index contributed by atoms with van der Waals surface area (Å²) in [6.07, 6.45) is 2.30. The minimum Gasteiger partial charge on any atom is -0.494 e. The molecule has 0 heterocycles. The Bertz CT molecular complexity index is 1010. The van der Waals surface area contributed by atoms with E-state index in [2.05, 4.69) is 0 Å². The van der Waals surface area contributed by atoms with E-state index in [4.69, 9.17) is 9.47 Å².